The number of carbonyl (C=O) groups excluding carboxylic acids is 2. The summed E-state index contributed by atoms with van der Waals surface area (Å²) in [5.74, 6) is -0.640. The zero-order chi connectivity index (χ0) is 19.1. The van der Waals surface area contributed by atoms with E-state index < -0.39 is 22.9 Å². The minimum atomic E-state index is -0.807. The Balaban J connectivity index is 2.04. The van der Waals surface area contributed by atoms with Gasteiger partial charge >= 0.3 is 6.03 Å². The highest BCUT2D eigenvalue weighted by atomic mass is 16.6. The number of rotatable bonds is 6. The zero-order valence-electron chi connectivity index (χ0n) is 14.4. The third-order valence-electron chi connectivity index (χ3n) is 3.59. The second kappa shape index (κ2) is 8.61. The van der Waals surface area contributed by atoms with Crippen LogP contribution in [0.5, 0.6) is 0 Å². The molecule has 0 fully saturated rings. The number of carbonyl (C=O) groups is 2. The third-order valence-corrected chi connectivity index (χ3v) is 3.59. The van der Waals surface area contributed by atoms with Crippen molar-refractivity contribution in [2.24, 2.45) is 5.92 Å². The Kier molecular flexibility index (Phi) is 6.26. The van der Waals surface area contributed by atoms with Crippen LogP contribution in [0.15, 0.2) is 54.6 Å². The fourth-order valence-electron chi connectivity index (χ4n) is 2.28. The minimum absolute atomic E-state index is 0.126. The van der Waals surface area contributed by atoms with E-state index in [1.54, 1.807) is 44.2 Å². The second-order valence-corrected chi connectivity index (χ2v) is 5.98. The van der Waals surface area contributed by atoms with E-state index in [-0.39, 0.29) is 11.6 Å². The maximum atomic E-state index is 12.5. The maximum absolute atomic E-state index is 12.5. The van der Waals surface area contributed by atoms with Gasteiger partial charge in [-0.25, -0.2) is 4.79 Å². The van der Waals surface area contributed by atoms with Crippen molar-refractivity contribution in [2.75, 3.05) is 10.6 Å². The Morgan fingerprint density at radius 3 is 2.23 bits per heavy atom. The van der Waals surface area contributed by atoms with Crippen LogP contribution in [-0.4, -0.2) is 22.9 Å². The normalized spacial score (nSPS) is 11.5. The summed E-state index contributed by atoms with van der Waals surface area (Å²) in [6.07, 6.45) is 0. The molecule has 2 aromatic carbocycles. The van der Waals surface area contributed by atoms with Gasteiger partial charge in [0.15, 0.2) is 0 Å². The minimum Gasteiger partial charge on any atom is -0.326 e. The number of urea groups is 1. The quantitative estimate of drug-likeness (QED) is 0.544. The number of nitro groups is 1. The van der Waals surface area contributed by atoms with E-state index in [2.05, 4.69) is 16.0 Å². The van der Waals surface area contributed by atoms with Crippen LogP contribution in [0.1, 0.15) is 13.8 Å². The van der Waals surface area contributed by atoms with Gasteiger partial charge in [-0.05, 0) is 24.1 Å². The molecule has 3 amide bonds. The molecular formula is C18H20N4O4. The number of para-hydroxylation sites is 1. The van der Waals surface area contributed by atoms with E-state index >= 15 is 0 Å². The number of nitrogens with zero attached hydrogens (tertiary/aromatic N) is 1. The number of nitrogens with one attached hydrogen (secondary N) is 3. The van der Waals surface area contributed by atoms with Crippen molar-refractivity contribution in [2.45, 2.75) is 19.9 Å². The van der Waals surface area contributed by atoms with Crippen LogP contribution in [0.4, 0.5) is 21.9 Å². The highest BCUT2D eigenvalue weighted by Gasteiger charge is 2.24. The molecule has 0 radical (unpaired) electrons. The lowest BCUT2D eigenvalue weighted by Gasteiger charge is -2.22. The lowest BCUT2D eigenvalue weighted by atomic mass is 10.0. The van der Waals surface area contributed by atoms with Gasteiger partial charge in [-0.15, -0.1) is 0 Å². The summed E-state index contributed by atoms with van der Waals surface area (Å²) in [5, 5.41) is 18.7. The molecule has 3 N–H and O–H groups in total. The van der Waals surface area contributed by atoms with Crippen LogP contribution in [0.2, 0.25) is 0 Å². The molecule has 26 heavy (non-hydrogen) atoms. The highest BCUT2D eigenvalue weighted by molar-refractivity contribution is 5.99. The van der Waals surface area contributed by atoms with Gasteiger partial charge in [0.05, 0.1) is 4.92 Å². The number of nitro benzene ring substituents is 1. The molecule has 136 valence electrons. The summed E-state index contributed by atoms with van der Waals surface area (Å²) in [6.45, 7) is 3.58. The van der Waals surface area contributed by atoms with Crippen molar-refractivity contribution in [3.8, 4) is 0 Å². The molecule has 1 unspecified atom stereocenters. The van der Waals surface area contributed by atoms with Gasteiger partial charge in [0.2, 0.25) is 5.91 Å². The molecule has 0 aliphatic rings. The number of benzene rings is 2. The van der Waals surface area contributed by atoms with Crippen molar-refractivity contribution in [3.05, 3.63) is 64.7 Å². The summed E-state index contributed by atoms with van der Waals surface area (Å²) in [4.78, 5) is 34.9. The molecule has 0 bridgehead atoms. The van der Waals surface area contributed by atoms with Crippen molar-refractivity contribution < 1.29 is 14.5 Å². The zero-order valence-corrected chi connectivity index (χ0v) is 14.4. The Bertz CT molecular complexity index is 793. The predicted octanol–water partition coefficient (Wildman–Crippen LogP) is 3.38. The maximum Gasteiger partial charge on any atom is 0.319 e. The molecule has 0 saturated carbocycles. The van der Waals surface area contributed by atoms with Crippen molar-refractivity contribution in [1.82, 2.24) is 5.32 Å². The van der Waals surface area contributed by atoms with Gasteiger partial charge < -0.3 is 16.0 Å². The first-order valence-electron chi connectivity index (χ1n) is 8.04. The van der Waals surface area contributed by atoms with Gasteiger partial charge in [-0.3, -0.25) is 14.9 Å². The third kappa shape index (κ3) is 5.30. The van der Waals surface area contributed by atoms with Crippen LogP contribution in [0.25, 0.3) is 0 Å². The first-order chi connectivity index (χ1) is 12.4. The van der Waals surface area contributed by atoms with Gasteiger partial charge in [0, 0.05) is 23.5 Å². The van der Waals surface area contributed by atoms with Crippen molar-refractivity contribution in [3.63, 3.8) is 0 Å². The molecule has 8 nitrogen and oxygen atoms in total. The van der Waals surface area contributed by atoms with E-state index in [0.29, 0.717) is 11.4 Å². The average molecular weight is 356 g/mol. The summed E-state index contributed by atoms with van der Waals surface area (Å²) in [7, 11) is 0. The molecule has 1 atom stereocenters. The van der Waals surface area contributed by atoms with Crippen molar-refractivity contribution >= 4 is 29.0 Å². The average Bonchev–Trinajstić information content (AvgIpc) is 2.60. The first-order valence-corrected chi connectivity index (χ1v) is 8.04. The van der Waals surface area contributed by atoms with E-state index in [1.807, 2.05) is 6.07 Å². The largest absolute Gasteiger partial charge is 0.326 e. The number of hydrogen-bond donors (Lipinski definition) is 3. The highest BCUT2D eigenvalue weighted by Crippen LogP contribution is 2.18. The molecule has 0 aromatic heterocycles. The van der Waals surface area contributed by atoms with E-state index in [9.17, 15) is 19.7 Å². The molecule has 0 spiro atoms. The van der Waals surface area contributed by atoms with Crippen molar-refractivity contribution in [1.29, 1.82) is 0 Å². The van der Waals surface area contributed by atoms with E-state index in [4.69, 9.17) is 0 Å². The van der Waals surface area contributed by atoms with Gasteiger partial charge in [0.1, 0.15) is 6.04 Å². The van der Waals surface area contributed by atoms with Gasteiger partial charge in [0.25, 0.3) is 5.69 Å². The Labute approximate surface area is 150 Å². The smallest absolute Gasteiger partial charge is 0.319 e. The standard InChI is InChI=1S/C18H20N4O4/c1-12(2)16(21-18(24)20-13-7-4-3-5-8-13)17(23)19-14-9-6-10-15(11-14)22(25)26/h3-12,16H,1-2H3,(H,19,23)(H2,20,21,24). The summed E-state index contributed by atoms with van der Waals surface area (Å²) in [6, 6.07) is 13.2. The molecule has 0 saturated heterocycles. The van der Waals surface area contributed by atoms with Crippen LogP contribution >= 0.6 is 0 Å². The molecule has 0 aliphatic carbocycles. The van der Waals surface area contributed by atoms with Crippen LogP contribution in [-0.2, 0) is 4.79 Å². The van der Waals surface area contributed by atoms with Gasteiger partial charge in [-0.2, -0.15) is 0 Å². The number of non-ortho nitro benzene ring substituents is 1. The van der Waals surface area contributed by atoms with Crippen LogP contribution < -0.4 is 16.0 Å². The summed E-state index contributed by atoms with van der Waals surface area (Å²) in [5.41, 5.74) is 0.769. The van der Waals surface area contributed by atoms with E-state index in [0.717, 1.165) is 0 Å². The lowest BCUT2D eigenvalue weighted by Crippen LogP contribution is -2.48. The second-order valence-electron chi connectivity index (χ2n) is 5.98. The summed E-state index contributed by atoms with van der Waals surface area (Å²) < 4.78 is 0. The Morgan fingerprint density at radius 1 is 0.962 bits per heavy atom. The number of hydrogen-bond acceptors (Lipinski definition) is 4. The van der Waals surface area contributed by atoms with E-state index in [1.165, 1.54) is 18.2 Å². The summed E-state index contributed by atoms with van der Waals surface area (Å²) >= 11 is 0. The van der Waals surface area contributed by atoms with Crippen LogP contribution in [0.3, 0.4) is 0 Å². The molecule has 2 aromatic rings. The molecule has 0 heterocycles. The fraction of sp³-hybridized carbons (Fsp3) is 0.222. The lowest BCUT2D eigenvalue weighted by molar-refractivity contribution is -0.384. The molecule has 8 heteroatoms. The predicted molar refractivity (Wildman–Crippen MR) is 98.9 cm³/mol. The number of anilines is 2. The first kappa shape index (κ1) is 18.9. The van der Waals surface area contributed by atoms with Crippen LogP contribution in [0, 0.1) is 16.0 Å². The SMILES string of the molecule is CC(C)C(NC(=O)Nc1ccccc1)C(=O)Nc1cccc([N+](=O)[O-])c1. The molecule has 2 rings (SSSR count). The van der Waals surface area contributed by atoms with Gasteiger partial charge in [-0.1, -0.05) is 38.1 Å². The monoisotopic (exact) mass is 356 g/mol. The topological polar surface area (TPSA) is 113 Å². The Hall–Kier alpha value is -3.42. The fourth-order valence-corrected chi connectivity index (χ4v) is 2.28. The molecular weight excluding hydrogens is 336 g/mol. The number of amides is 3. The Morgan fingerprint density at radius 2 is 1.62 bits per heavy atom. The molecule has 0 aliphatic heterocycles.